The molecule has 1 aromatic heterocycles. The van der Waals surface area contributed by atoms with E-state index in [2.05, 4.69) is 4.98 Å². The molecule has 1 amide bonds. The molecule has 0 radical (unpaired) electrons. The summed E-state index contributed by atoms with van der Waals surface area (Å²) >= 11 is 0. The Labute approximate surface area is 167 Å². The minimum absolute atomic E-state index is 0.0479. The van der Waals surface area contributed by atoms with E-state index in [1.54, 1.807) is 36.4 Å². The zero-order valence-electron chi connectivity index (χ0n) is 15.8. The number of halogens is 1. The largest absolute Gasteiger partial charge is 0.372 e. The molecule has 1 aliphatic heterocycles. The van der Waals surface area contributed by atoms with E-state index in [-0.39, 0.29) is 12.4 Å². The van der Waals surface area contributed by atoms with Gasteiger partial charge in [0.2, 0.25) is 0 Å². The third-order valence-electron chi connectivity index (χ3n) is 5.68. The van der Waals surface area contributed by atoms with Crippen molar-refractivity contribution in [3.05, 3.63) is 101 Å². The van der Waals surface area contributed by atoms with E-state index in [0.29, 0.717) is 22.4 Å². The van der Waals surface area contributed by atoms with Crippen LogP contribution in [-0.4, -0.2) is 16.0 Å². The minimum Gasteiger partial charge on any atom is -0.372 e. The number of aromatic amines is 1. The van der Waals surface area contributed by atoms with Crippen LogP contribution in [0.4, 0.5) is 10.1 Å². The van der Waals surface area contributed by atoms with Crippen LogP contribution in [0.3, 0.4) is 0 Å². The molecule has 0 saturated carbocycles. The van der Waals surface area contributed by atoms with E-state index >= 15 is 0 Å². The number of benzene rings is 3. The van der Waals surface area contributed by atoms with Gasteiger partial charge in [-0.1, -0.05) is 54.6 Å². The highest BCUT2D eigenvalue weighted by molar-refractivity contribution is 6.11. The normalized spacial score (nSPS) is 18.4. The zero-order valence-corrected chi connectivity index (χ0v) is 15.8. The average molecular weight is 386 g/mol. The molecule has 0 spiro atoms. The number of amides is 1. The number of fused-ring (bicyclic) bond motifs is 2. The van der Waals surface area contributed by atoms with Gasteiger partial charge in [0, 0.05) is 33.3 Å². The number of nitrogens with zero attached hydrogens (tertiary/aromatic N) is 1. The number of hydrogen-bond acceptors (Lipinski definition) is 2. The first-order valence-corrected chi connectivity index (χ1v) is 9.47. The van der Waals surface area contributed by atoms with E-state index in [1.165, 1.54) is 11.0 Å². The summed E-state index contributed by atoms with van der Waals surface area (Å²) in [4.78, 5) is 18.4. The highest BCUT2D eigenvalue weighted by atomic mass is 19.1. The second-order valence-electron chi connectivity index (χ2n) is 7.38. The summed E-state index contributed by atoms with van der Waals surface area (Å²) in [6.45, 7) is 1.90. The summed E-state index contributed by atoms with van der Waals surface area (Å²) in [5, 5.41) is 12.7. The molecule has 1 atom stereocenters. The molecular weight excluding hydrogens is 367 g/mol. The van der Waals surface area contributed by atoms with Crippen LogP contribution in [0.25, 0.3) is 10.9 Å². The van der Waals surface area contributed by atoms with Gasteiger partial charge in [-0.05, 0) is 25.1 Å². The molecule has 0 aliphatic carbocycles. The van der Waals surface area contributed by atoms with Crippen molar-refractivity contribution in [3.8, 4) is 0 Å². The van der Waals surface area contributed by atoms with Gasteiger partial charge in [-0.15, -0.1) is 0 Å². The van der Waals surface area contributed by atoms with Gasteiger partial charge in [-0.25, -0.2) is 4.39 Å². The number of aryl methyl sites for hydroxylation is 1. The van der Waals surface area contributed by atoms with E-state index in [9.17, 15) is 14.3 Å². The molecule has 29 heavy (non-hydrogen) atoms. The number of para-hydroxylation sites is 2. The summed E-state index contributed by atoms with van der Waals surface area (Å²) in [7, 11) is 0. The lowest BCUT2D eigenvalue weighted by Crippen LogP contribution is -2.41. The molecular formula is C24H19FN2O2. The molecule has 1 unspecified atom stereocenters. The maximum Gasteiger partial charge on any atom is 0.268 e. The molecule has 3 aromatic carbocycles. The Kier molecular flexibility index (Phi) is 3.83. The molecule has 0 bridgehead atoms. The average Bonchev–Trinajstić information content (AvgIpc) is 3.17. The Balaban J connectivity index is 1.71. The Morgan fingerprint density at radius 3 is 2.52 bits per heavy atom. The van der Waals surface area contributed by atoms with Gasteiger partial charge in [0.1, 0.15) is 5.82 Å². The monoisotopic (exact) mass is 386 g/mol. The van der Waals surface area contributed by atoms with Crippen molar-refractivity contribution in [2.45, 2.75) is 19.1 Å². The lowest BCUT2D eigenvalue weighted by molar-refractivity contribution is -0.132. The number of aromatic nitrogens is 1. The molecule has 5 heteroatoms. The highest BCUT2D eigenvalue weighted by Gasteiger charge is 2.52. The highest BCUT2D eigenvalue weighted by Crippen LogP contribution is 2.47. The summed E-state index contributed by atoms with van der Waals surface area (Å²) in [5.74, 6) is -0.855. The second kappa shape index (κ2) is 6.29. The minimum atomic E-state index is -1.84. The Bertz CT molecular complexity index is 1260. The van der Waals surface area contributed by atoms with Crippen molar-refractivity contribution in [2.75, 3.05) is 4.90 Å². The SMILES string of the molecule is Cc1[nH]c2ccccc2c1C1(O)C(=O)N(Cc2ccccc2F)c2ccccc21. The first kappa shape index (κ1) is 17.6. The van der Waals surface area contributed by atoms with E-state index in [1.807, 2.05) is 37.3 Å². The van der Waals surface area contributed by atoms with Crippen molar-refractivity contribution in [2.24, 2.45) is 0 Å². The Morgan fingerprint density at radius 1 is 1.00 bits per heavy atom. The van der Waals surface area contributed by atoms with Crippen molar-refractivity contribution in [1.29, 1.82) is 0 Å². The summed E-state index contributed by atoms with van der Waals surface area (Å²) in [6.07, 6.45) is 0. The third kappa shape index (κ3) is 2.44. The van der Waals surface area contributed by atoms with Gasteiger partial charge >= 0.3 is 0 Å². The predicted molar refractivity (Wildman–Crippen MR) is 110 cm³/mol. The Hall–Kier alpha value is -3.44. The van der Waals surface area contributed by atoms with Gasteiger partial charge in [-0.3, -0.25) is 4.79 Å². The van der Waals surface area contributed by atoms with E-state index < -0.39 is 11.5 Å². The van der Waals surface area contributed by atoms with Crippen LogP contribution in [0.1, 0.15) is 22.4 Å². The molecule has 2 heterocycles. The topological polar surface area (TPSA) is 56.3 Å². The number of carbonyl (C=O) groups is 1. The first-order valence-electron chi connectivity index (χ1n) is 9.47. The molecule has 0 saturated heterocycles. The van der Waals surface area contributed by atoms with Crippen LogP contribution >= 0.6 is 0 Å². The van der Waals surface area contributed by atoms with Gasteiger partial charge in [0.15, 0.2) is 5.60 Å². The van der Waals surface area contributed by atoms with Crippen molar-refractivity contribution in [3.63, 3.8) is 0 Å². The molecule has 5 rings (SSSR count). The number of anilines is 1. The maximum atomic E-state index is 14.3. The van der Waals surface area contributed by atoms with Crippen LogP contribution in [-0.2, 0) is 16.9 Å². The summed E-state index contributed by atoms with van der Waals surface area (Å²) < 4.78 is 14.3. The molecule has 144 valence electrons. The number of hydrogen-bond donors (Lipinski definition) is 2. The smallest absolute Gasteiger partial charge is 0.268 e. The van der Waals surface area contributed by atoms with Crippen LogP contribution in [0.2, 0.25) is 0 Å². The molecule has 4 nitrogen and oxygen atoms in total. The van der Waals surface area contributed by atoms with E-state index in [4.69, 9.17) is 0 Å². The van der Waals surface area contributed by atoms with E-state index in [0.717, 1.165) is 16.6 Å². The van der Waals surface area contributed by atoms with Crippen LogP contribution < -0.4 is 4.90 Å². The van der Waals surface area contributed by atoms with Gasteiger partial charge in [-0.2, -0.15) is 0 Å². The van der Waals surface area contributed by atoms with Gasteiger partial charge in [0.05, 0.1) is 12.2 Å². The number of rotatable bonds is 3. The Morgan fingerprint density at radius 2 is 1.69 bits per heavy atom. The van der Waals surface area contributed by atoms with Crippen molar-refractivity contribution >= 4 is 22.5 Å². The number of carbonyl (C=O) groups excluding carboxylic acids is 1. The second-order valence-corrected chi connectivity index (χ2v) is 7.38. The third-order valence-corrected chi connectivity index (χ3v) is 5.68. The van der Waals surface area contributed by atoms with Crippen molar-refractivity contribution < 1.29 is 14.3 Å². The fourth-order valence-corrected chi connectivity index (χ4v) is 4.37. The number of aliphatic hydroxyl groups is 1. The molecule has 2 N–H and O–H groups in total. The standard InChI is InChI=1S/C24H19FN2O2/c1-15-22(17-9-3-6-12-20(17)26-15)24(29)18-10-4-7-13-21(18)27(23(24)28)14-16-8-2-5-11-19(16)25/h2-13,26,29H,14H2,1H3. The first-order chi connectivity index (χ1) is 14.0. The lowest BCUT2D eigenvalue weighted by atomic mass is 9.85. The fraction of sp³-hybridized carbons (Fsp3) is 0.125. The number of nitrogens with one attached hydrogen (secondary N) is 1. The van der Waals surface area contributed by atoms with Gasteiger partial charge < -0.3 is 15.0 Å². The zero-order chi connectivity index (χ0) is 20.2. The predicted octanol–water partition coefficient (Wildman–Crippen LogP) is 4.40. The summed E-state index contributed by atoms with van der Waals surface area (Å²) in [5.41, 5.74) is 1.78. The van der Waals surface area contributed by atoms with Gasteiger partial charge in [0.25, 0.3) is 5.91 Å². The molecule has 4 aromatic rings. The maximum absolute atomic E-state index is 14.3. The number of H-pyrrole nitrogens is 1. The van der Waals surface area contributed by atoms with Crippen molar-refractivity contribution in [1.82, 2.24) is 4.98 Å². The summed E-state index contributed by atoms with van der Waals surface area (Å²) in [6, 6.07) is 21.1. The molecule has 1 aliphatic rings. The quantitative estimate of drug-likeness (QED) is 0.548. The fourth-order valence-electron chi connectivity index (χ4n) is 4.37. The van der Waals surface area contributed by atoms with Crippen LogP contribution in [0.5, 0.6) is 0 Å². The van der Waals surface area contributed by atoms with Crippen LogP contribution in [0.15, 0.2) is 72.8 Å². The molecule has 0 fully saturated rings. The lowest BCUT2D eigenvalue weighted by Gasteiger charge is -2.24. The van der Waals surface area contributed by atoms with Crippen LogP contribution in [0, 0.1) is 12.7 Å².